The van der Waals surface area contributed by atoms with Crippen LogP contribution in [-0.4, -0.2) is 16.0 Å². The zero-order chi connectivity index (χ0) is 13.4. The van der Waals surface area contributed by atoms with Crippen LogP contribution in [0.5, 0.6) is 0 Å². The third-order valence-corrected chi connectivity index (χ3v) is 4.81. The highest BCUT2D eigenvalue weighted by atomic mass is 16.1. The second kappa shape index (κ2) is 4.99. The molecule has 1 aromatic rings. The average Bonchev–Trinajstić information content (AvgIpc) is 3.16. The van der Waals surface area contributed by atoms with E-state index in [2.05, 4.69) is 29.1 Å². The maximum absolute atomic E-state index is 11.7. The first kappa shape index (κ1) is 12.7. The van der Waals surface area contributed by atoms with Crippen LogP contribution in [0.15, 0.2) is 10.9 Å². The standard InChI is InChI=1S/C15H23N3O/c1-3-10-6-7-12(9(10)2)16-13-8-14(19)18-15(17-13)11-4-5-11/h8-12H,3-7H2,1-2H3,(H2,16,17,18,19). The molecule has 4 heteroatoms. The van der Waals surface area contributed by atoms with Gasteiger partial charge in [0, 0.05) is 18.0 Å². The van der Waals surface area contributed by atoms with E-state index in [4.69, 9.17) is 0 Å². The number of aromatic nitrogens is 2. The molecule has 0 amide bonds. The van der Waals surface area contributed by atoms with E-state index in [1.807, 2.05) is 0 Å². The summed E-state index contributed by atoms with van der Waals surface area (Å²) >= 11 is 0. The molecule has 2 fully saturated rings. The fourth-order valence-electron chi connectivity index (χ4n) is 3.32. The van der Waals surface area contributed by atoms with E-state index in [0.29, 0.717) is 17.9 Å². The van der Waals surface area contributed by atoms with E-state index >= 15 is 0 Å². The molecule has 1 heterocycles. The second-order valence-corrected chi connectivity index (χ2v) is 6.15. The van der Waals surface area contributed by atoms with Crippen LogP contribution in [0.2, 0.25) is 0 Å². The summed E-state index contributed by atoms with van der Waals surface area (Å²) in [5.41, 5.74) is -0.0305. The summed E-state index contributed by atoms with van der Waals surface area (Å²) in [4.78, 5) is 19.1. The van der Waals surface area contributed by atoms with E-state index in [9.17, 15) is 4.79 Å². The molecule has 3 unspecified atom stereocenters. The van der Waals surface area contributed by atoms with Crippen LogP contribution < -0.4 is 10.9 Å². The fraction of sp³-hybridized carbons (Fsp3) is 0.733. The van der Waals surface area contributed by atoms with Crippen molar-refractivity contribution >= 4 is 5.82 Å². The molecule has 0 spiro atoms. The second-order valence-electron chi connectivity index (χ2n) is 6.15. The molecule has 0 aliphatic heterocycles. The summed E-state index contributed by atoms with van der Waals surface area (Å²) in [6, 6.07) is 2.06. The molecule has 2 aliphatic carbocycles. The Kier molecular flexibility index (Phi) is 3.33. The van der Waals surface area contributed by atoms with Gasteiger partial charge in [0.2, 0.25) is 0 Å². The lowest BCUT2D eigenvalue weighted by Crippen LogP contribution is -2.26. The van der Waals surface area contributed by atoms with Crippen molar-refractivity contribution in [1.82, 2.24) is 9.97 Å². The maximum Gasteiger partial charge on any atom is 0.252 e. The Balaban J connectivity index is 1.74. The first-order valence-electron chi connectivity index (χ1n) is 7.55. The van der Waals surface area contributed by atoms with Gasteiger partial charge in [0.25, 0.3) is 5.56 Å². The van der Waals surface area contributed by atoms with Gasteiger partial charge in [-0.15, -0.1) is 0 Å². The molecule has 2 saturated carbocycles. The summed E-state index contributed by atoms with van der Waals surface area (Å²) in [6.07, 6.45) is 6.03. The first-order chi connectivity index (χ1) is 9.17. The highest BCUT2D eigenvalue weighted by molar-refractivity contribution is 5.36. The number of nitrogens with zero attached hydrogens (tertiary/aromatic N) is 1. The molecule has 3 rings (SSSR count). The topological polar surface area (TPSA) is 57.8 Å². The smallest absolute Gasteiger partial charge is 0.252 e. The number of hydrogen-bond donors (Lipinski definition) is 2. The Bertz CT molecular complexity index is 506. The third-order valence-electron chi connectivity index (χ3n) is 4.81. The summed E-state index contributed by atoms with van der Waals surface area (Å²) in [5, 5.41) is 3.49. The lowest BCUT2D eigenvalue weighted by Gasteiger charge is -2.21. The SMILES string of the molecule is CCC1CCC(Nc2cc(=O)[nH]c(C3CC3)n2)C1C. The molecule has 4 nitrogen and oxygen atoms in total. The molecule has 0 bridgehead atoms. The summed E-state index contributed by atoms with van der Waals surface area (Å²) < 4.78 is 0. The molecule has 19 heavy (non-hydrogen) atoms. The van der Waals surface area contributed by atoms with Gasteiger partial charge < -0.3 is 10.3 Å². The third kappa shape index (κ3) is 2.67. The van der Waals surface area contributed by atoms with Crippen LogP contribution in [0.3, 0.4) is 0 Å². The molecular formula is C15H23N3O. The van der Waals surface area contributed by atoms with Gasteiger partial charge in [-0.05, 0) is 37.5 Å². The van der Waals surface area contributed by atoms with E-state index < -0.39 is 0 Å². The van der Waals surface area contributed by atoms with Gasteiger partial charge in [0.1, 0.15) is 11.6 Å². The summed E-state index contributed by atoms with van der Waals surface area (Å²) in [7, 11) is 0. The first-order valence-corrected chi connectivity index (χ1v) is 7.55. The van der Waals surface area contributed by atoms with Crippen LogP contribution in [-0.2, 0) is 0 Å². The summed E-state index contributed by atoms with van der Waals surface area (Å²) in [5.74, 6) is 3.59. The minimum atomic E-state index is -0.0305. The largest absolute Gasteiger partial charge is 0.367 e. The maximum atomic E-state index is 11.7. The van der Waals surface area contributed by atoms with Gasteiger partial charge in [-0.2, -0.15) is 0 Å². The predicted molar refractivity (Wildman–Crippen MR) is 76.4 cm³/mol. The Morgan fingerprint density at radius 1 is 1.37 bits per heavy atom. The van der Waals surface area contributed by atoms with Gasteiger partial charge in [0.15, 0.2) is 0 Å². The summed E-state index contributed by atoms with van der Waals surface area (Å²) in [6.45, 7) is 4.58. The molecule has 1 aromatic heterocycles. The van der Waals surface area contributed by atoms with Crippen LogP contribution in [0, 0.1) is 11.8 Å². The predicted octanol–water partition coefficient (Wildman–Crippen LogP) is 2.88. The van der Waals surface area contributed by atoms with Crippen LogP contribution in [0.25, 0.3) is 0 Å². The highest BCUT2D eigenvalue weighted by Crippen LogP contribution is 2.38. The molecule has 3 atom stereocenters. The van der Waals surface area contributed by atoms with Crippen molar-refractivity contribution in [3.05, 3.63) is 22.2 Å². The van der Waals surface area contributed by atoms with Crippen molar-refractivity contribution in [2.45, 2.75) is 57.9 Å². The van der Waals surface area contributed by atoms with Gasteiger partial charge in [0.05, 0.1) is 0 Å². The van der Waals surface area contributed by atoms with Gasteiger partial charge >= 0.3 is 0 Å². The Morgan fingerprint density at radius 2 is 2.16 bits per heavy atom. The average molecular weight is 261 g/mol. The van der Waals surface area contributed by atoms with Crippen LogP contribution >= 0.6 is 0 Å². The number of H-pyrrole nitrogens is 1. The van der Waals surface area contributed by atoms with Crippen molar-refractivity contribution in [3.63, 3.8) is 0 Å². The number of nitrogens with one attached hydrogen (secondary N) is 2. The zero-order valence-corrected chi connectivity index (χ0v) is 11.8. The van der Waals surface area contributed by atoms with E-state index in [1.54, 1.807) is 6.07 Å². The van der Waals surface area contributed by atoms with Gasteiger partial charge in [-0.1, -0.05) is 20.3 Å². The van der Waals surface area contributed by atoms with Crippen molar-refractivity contribution in [2.24, 2.45) is 11.8 Å². The van der Waals surface area contributed by atoms with E-state index in [0.717, 1.165) is 30.4 Å². The van der Waals surface area contributed by atoms with Crippen molar-refractivity contribution < 1.29 is 0 Å². The lowest BCUT2D eigenvalue weighted by atomic mass is 9.93. The molecule has 0 saturated heterocycles. The minimum Gasteiger partial charge on any atom is -0.367 e. The number of aromatic amines is 1. The Morgan fingerprint density at radius 3 is 2.79 bits per heavy atom. The lowest BCUT2D eigenvalue weighted by molar-refractivity contribution is 0.391. The molecule has 2 N–H and O–H groups in total. The van der Waals surface area contributed by atoms with Crippen molar-refractivity contribution in [2.75, 3.05) is 5.32 Å². The molecule has 104 valence electrons. The quantitative estimate of drug-likeness (QED) is 0.876. The van der Waals surface area contributed by atoms with Crippen molar-refractivity contribution in [1.29, 1.82) is 0 Å². The fourth-order valence-corrected chi connectivity index (χ4v) is 3.32. The monoisotopic (exact) mass is 261 g/mol. The minimum absolute atomic E-state index is 0.0305. The van der Waals surface area contributed by atoms with Crippen LogP contribution in [0.4, 0.5) is 5.82 Å². The Labute approximate surface area is 114 Å². The van der Waals surface area contributed by atoms with Gasteiger partial charge in [-0.25, -0.2) is 4.98 Å². The van der Waals surface area contributed by atoms with E-state index in [1.165, 1.54) is 19.3 Å². The Hall–Kier alpha value is -1.32. The van der Waals surface area contributed by atoms with E-state index in [-0.39, 0.29) is 5.56 Å². The normalized spacial score (nSPS) is 30.5. The molecular weight excluding hydrogens is 238 g/mol. The zero-order valence-electron chi connectivity index (χ0n) is 11.8. The number of anilines is 1. The number of rotatable bonds is 4. The van der Waals surface area contributed by atoms with Crippen LogP contribution in [0.1, 0.15) is 57.7 Å². The number of hydrogen-bond acceptors (Lipinski definition) is 3. The molecule has 2 aliphatic rings. The highest BCUT2D eigenvalue weighted by Gasteiger charge is 2.32. The molecule has 0 radical (unpaired) electrons. The van der Waals surface area contributed by atoms with Crippen molar-refractivity contribution in [3.8, 4) is 0 Å². The van der Waals surface area contributed by atoms with Gasteiger partial charge in [-0.3, -0.25) is 4.79 Å². The molecule has 0 aromatic carbocycles.